The van der Waals surface area contributed by atoms with Crippen LogP contribution in [0.25, 0.3) is 0 Å². The lowest BCUT2D eigenvalue weighted by atomic mass is 10.3. The second-order valence-electron chi connectivity index (χ2n) is 2.99. The van der Waals surface area contributed by atoms with E-state index in [9.17, 15) is 8.42 Å². The fraction of sp³-hybridized carbons (Fsp3) is 0.500. The zero-order valence-electron chi connectivity index (χ0n) is 7.73. The van der Waals surface area contributed by atoms with Crippen molar-refractivity contribution in [2.45, 2.75) is 22.8 Å². The van der Waals surface area contributed by atoms with Crippen LogP contribution in [0.5, 0.6) is 0 Å². The van der Waals surface area contributed by atoms with E-state index in [0.717, 1.165) is 3.79 Å². The third-order valence-corrected chi connectivity index (χ3v) is 6.29. The largest absolute Gasteiger partial charge is 0.330 e. The SMILES string of the molecule is CC(CCN)S(=O)(=O)c1ccc(Br)s1. The Morgan fingerprint density at radius 3 is 2.64 bits per heavy atom. The van der Waals surface area contributed by atoms with Crippen LogP contribution < -0.4 is 5.73 Å². The van der Waals surface area contributed by atoms with Gasteiger partial charge in [0.1, 0.15) is 4.21 Å². The van der Waals surface area contributed by atoms with Crippen molar-refractivity contribution in [1.82, 2.24) is 0 Å². The number of thiophene rings is 1. The average molecular weight is 298 g/mol. The number of hydrogen-bond donors (Lipinski definition) is 1. The number of rotatable bonds is 4. The number of halogens is 1. The minimum atomic E-state index is -3.17. The molecule has 0 aliphatic carbocycles. The van der Waals surface area contributed by atoms with Crippen molar-refractivity contribution in [3.05, 3.63) is 15.9 Å². The molecule has 0 aliphatic heterocycles. The van der Waals surface area contributed by atoms with Gasteiger partial charge >= 0.3 is 0 Å². The fourth-order valence-corrected chi connectivity index (χ4v) is 4.81. The normalized spacial score (nSPS) is 14.2. The first-order chi connectivity index (χ1) is 6.48. The Bertz CT molecular complexity index is 399. The highest BCUT2D eigenvalue weighted by Gasteiger charge is 2.23. The Balaban J connectivity index is 2.96. The molecule has 1 atom stereocenters. The number of sulfone groups is 1. The van der Waals surface area contributed by atoms with Crippen LogP contribution in [0.1, 0.15) is 13.3 Å². The van der Waals surface area contributed by atoms with Gasteiger partial charge in [0.2, 0.25) is 0 Å². The van der Waals surface area contributed by atoms with Gasteiger partial charge in [0.25, 0.3) is 0 Å². The van der Waals surface area contributed by atoms with Crippen LogP contribution in [-0.2, 0) is 9.84 Å². The quantitative estimate of drug-likeness (QED) is 0.925. The van der Waals surface area contributed by atoms with E-state index in [4.69, 9.17) is 5.73 Å². The Kier molecular flexibility index (Phi) is 4.12. The maximum atomic E-state index is 11.9. The summed E-state index contributed by atoms with van der Waals surface area (Å²) in [5, 5.41) is -0.405. The topological polar surface area (TPSA) is 60.2 Å². The Morgan fingerprint density at radius 2 is 2.21 bits per heavy atom. The molecule has 0 fully saturated rings. The summed E-state index contributed by atoms with van der Waals surface area (Å²) in [6, 6.07) is 3.36. The molecule has 1 unspecified atom stereocenters. The molecule has 3 nitrogen and oxygen atoms in total. The zero-order chi connectivity index (χ0) is 10.8. The lowest BCUT2D eigenvalue weighted by Crippen LogP contribution is -2.20. The average Bonchev–Trinajstić information content (AvgIpc) is 2.52. The third kappa shape index (κ3) is 2.56. The molecule has 2 N–H and O–H groups in total. The van der Waals surface area contributed by atoms with Gasteiger partial charge in [0, 0.05) is 0 Å². The lowest BCUT2D eigenvalue weighted by Gasteiger charge is -2.09. The highest BCUT2D eigenvalue weighted by atomic mass is 79.9. The molecule has 0 aliphatic rings. The van der Waals surface area contributed by atoms with E-state index in [1.165, 1.54) is 11.3 Å². The predicted octanol–water partition coefficient (Wildman–Crippen LogP) is 2.02. The summed E-state index contributed by atoms with van der Waals surface area (Å²) in [7, 11) is -3.17. The zero-order valence-corrected chi connectivity index (χ0v) is 11.0. The molecular weight excluding hydrogens is 286 g/mol. The third-order valence-electron chi connectivity index (χ3n) is 1.93. The van der Waals surface area contributed by atoms with E-state index in [1.807, 2.05) is 0 Å². The van der Waals surface area contributed by atoms with E-state index in [1.54, 1.807) is 19.1 Å². The van der Waals surface area contributed by atoms with Gasteiger partial charge in [-0.3, -0.25) is 0 Å². The standard InChI is InChI=1S/C8H12BrNO2S2/c1-6(4-5-10)14(11,12)8-3-2-7(9)13-8/h2-3,6H,4-5,10H2,1H3. The van der Waals surface area contributed by atoms with Gasteiger partial charge < -0.3 is 5.73 Å². The Labute approximate surface area is 96.4 Å². The van der Waals surface area contributed by atoms with Gasteiger partial charge in [-0.25, -0.2) is 8.42 Å². The highest BCUT2D eigenvalue weighted by molar-refractivity contribution is 9.11. The molecule has 80 valence electrons. The molecule has 1 heterocycles. The van der Waals surface area contributed by atoms with Crippen molar-refractivity contribution in [2.75, 3.05) is 6.54 Å². The molecule has 1 aromatic heterocycles. The molecule has 0 saturated heterocycles. The summed E-state index contributed by atoms with van der Waals surface area (Å²) in [4.78, 5) is 0. The molecule has 0 amide bonds. The number of hydrogen-bond acceptors (Lipinski definition) is 4. The van der Waals surface area contributed by atoms with Crippen LogP contribution in [0.3, 0.4) is 0 Å². The van der Waals surface area contributed by atoms with Crippen molar-refractivity contribution in [1.29, 1.82) is 0 Å². The Morgan fingerprint density at radius 1 is 1.57 bits per heavy atom. The van der Waals surface area contributed by atoms with E-state index in [-0.39, 0.29) is 0 Å². The second kappa shape index (κ2) is 4.74. The maximum absolute atomic E-state index is 11.9. The van der Waals surface area contributed by atoms with Crippen LogP contribution >= 0.6 is 27.3 Å². The first kappa shape index (κ1) is 12.2. The monoisotopic (exact) mass is 297 g/mol. The molecule has 0 saturated carbocycles. The van der Waals surface area contributed by atoms with Crippen molar-refractivity contribution in [3.8, 4) is 0 Å². The van der Waals surface area contributed by atoms with Crippen molar-refractivity contribution < 1.29 is 8.42 Å². The summed E-state index contributed by atoms with van der Waals surface area (Å²) < 4.78 is 25.0. The lowest BCUT2D eigenvalue weighted by molar-refractivity contribution is 0.580. The summed E-state index contributed by atoms with van der Waals surface area (Å²) >= 11 is 4.48. The predicted molar refractivity (Wildman–Crippen MR) is 62.3 cm³/mol. The van der Waals surface area contributed by atoms with Gasteiger partial charge in [-0.05, 0) is 48.0 Å². The summed E-state index contributed by atoms with van der Waals surface area (Å²) in [5.74, 6) is 0. The molecule has 0 aromatic carbocycles. The van der Waals surface area contributed by atoms with Crippen molar-refractivity contribution >= 4 is 37.1 Å². The summed E-state index contributed by atoms with van der Waals surface area (Å²) in [6.07, 6.45) is 0.498. The fourth-order valence-electron chi connectivity index (χ4n) is 1.04. The minimum Gasteiger partial charge on any atom is -0.330 e. The summed E-state index contributed by atoms with van der Waals surface area (Å²) in [5.41, 5.74) is 5.34. The molecule has 1 aromatic rings. The van der Waals surface area contributed by atoms with E-state index in [0.29, 0.717) is 17.2 Å². The van der Waals surface area contributed by atoms with E-state index < -0.39 is 15.1 Å². The van der Waals surface area contributed by atoms with Gasteiger partial charge in [0.05, 0.1) is 9.04 Å². The second-order valence-corrected chi connectivity index (χ2v) is 8.05. The molecule has 0 bridgehead atoms. The maximum Gasteiger partial charge on any atom is 0.190 e. The van der Waals surface area contributed by atoms with Crippen LogP contribution in [0, 0.1) is 0 Å². The molecule has 6 heteroatoms. The van der Waals surface area contributed by atoms with Crippen molar-refractivity contribution in [3.63, 3.8) is 0 Å². The molecule has 1 rings (SSSR count). The smallest absolute Gasteiger partial charge is 0.190 e. The highest BCUT2D eigenvalue weighted by Crippen LogP contribution is 2.29. The summed E-state index contributed by atoms with van der Waals surface area (Å²) in [6.45, 7) is 2.09. The molecule has 0 radical (unpaired) electrons. The Hall–Kier alpha value is 0.0900. The number of nitrogens with two attached hydrogens (primary N) is 1. The van der Waals surface area contributed by atoms with Crippen LogP contribution in [0.2, 0.25) is 0 Å². The first-order valence-corrected chi connectivity index (χ1v) is 7.33. The van der Waals surface area contributed by atoms with Gasteiger partial charge in [-0.15, -0.1) is 11.3 Å². The van der Waals surface area contributed by atoms with Crippen LogP contribution in [-0.4, -0.2) is 20.2 Å². The van der Waals surface area contributed by atoms with Crippen LogP contribution in [0.15, 0.2) is 20.1 Å². The molecule has 0 spiro atoms. The van der Waals surface area contributed by atoms with E-state index >= 15 is 0 Å². The van der Waals surface area contributed by atoms with Gasteiger partial charge in [-0.1, -0.05) is 0 Å². The van der Waals surface area contributed by atoms with Gasteiger partial charge in [-0.2, -0.15) is 0 Å². The van der Waals surface area contributed by atoms with E-state index in [2.05, 4.69) is 15.9 Å². The molecular formula is C8H12BrNO2S2. The minimum absolute atomic E-state index is 0.396. The van der Waals surface area contributed by atoms with Crippen LogP contribution in [0.4, 0.5) is 0 Å². The first-order valence-electron chi connectivity index (χ1n) is 4.17. The van der Waals surface area contributed by atoms with Crippen molar-refractivity contribution in [2.24, 2.45) is 5.73 Å². The van der Waals surface area contributed by atoms with Gasteiger partial charge in [0.15, 0.2) is 9.84 Å². The molecule has 14 heavy (non-hydrogen) atoms.